The number of rotatable bonds is 7. The number of nitrogens with zero attached hydrogens (tertiary/aromatic N) is 3. The number of nitrogens with two attached hydrogens (primary N) is 1. The van der Waals surface area contributed by atoms with E-state index >= 15 is 0 Å². The summed E-state index contributed by atoms with van der Waals surface area (Å²) in [6.45, 7) is 0.323. The van der Waals surface area contributed by atoms with E-state index in [1.807, 2.05) is 17.5 Å². The Kier molecular flexibility index (Phi) is 5.44. The largest absolute Gasteiger partial charge is 0.370 e. The lowest BCUT2D eigenvalue weighted by Gasteiger charge is -2.08. The standard InChI is InChI=1S/C16H14F2N4OS2/c17-11-4-1-3-10(14(11)18)9-25-16-21-20-15(12-5-2-8-24-12)22(16)7-6-13(19)23/h1-5,8H,6-7,9H2,(H2,19,23). The molecule has 3 rings (SSSR count). The number of aromatic nitrogens is 3. The molecule has 0 radical (unpaired) electrons. The molecule has 0 fully saturated rings. The van der Waals surface area contributed by atoms with Gasteiger partial charge in [0.2, 0.25) is 5.91 Å². The Morgan fingerprint density at radius 1 is 1.24 bits per heavy atom. The van der Waals surface area contributed by atoms with Gasteiger partial charge in [0.15, 0.2) is 22.6 Å². The average Bonchev–Trinajstić information content (AvgIpc) is 3.23. The Bertz CT molecular complexity index is 880. The zero-order valence-corrected chi connectivity index (χ0v) is 14.6. The van der Waals surface area contributed by atoms with Crippen molar-refractivity contribution in [1.29, 1.82) is 0 Å². The highest BCUT2D eigenvalue weighted by molar-refractivity contribution is 7.98. The van der Waals surface area contributed by atoms with Crippen molar-refractivity contribution in [3.8, 4) is 10.7 Å². The van der Waals surface area contributed by atoms with Crippen molar-refractivity contribution in [2.45, 2.75) is 23.9 Å². The summed E-state index contributed by atoms with van der Waals surface area (Å²) < 4.78 is 28.9. The Hall–Kier alpha value is -2.26. The monoisotopic (exact) mass is 380 g/mol. The first-order valence-electron chi connectivity index (χ1n) is 7.37. The maximum atomic E-state index is 13.8. The molecule has 2 N–H and O–H groups in total. The van der Waals surface area contributed by atoms with Crippen molar-refractivity contribution in [2.75, 3.05) is 0 Å². The van der Waals surface area contributed by atoms with Crippen molar-refractivity contribution >= 4 is 29.0 Å². The lowest BCUT2D eigenvalue weighted by Crippen LogP contribution is -2.14. The van der Waals surface area contributed by atoms with Crippen molar-refractivity contribution < 1.29 is 13.6 Å². The molecule has 2 heterocycles. The van der Waals surface area contributed by atoms with Gasteiger partial charge in [-0.15, -0.1) is 21.5 Å². The first kappa shape index (κ1) is 17.6. The van der Waals surface area contributed by atoms with Gasteiger partial charge < -0.3 is 10.3 Å². The Morgan fingerprint density at radius 3 is 2.80 bits per heavy atom. The van der Waals surface area contributed by atoms with Crippen LogP contribution in [-0.2, 0) is 17.1 Å². The maximum Gasteiger partial charge on any atom is 0.219 e. The summed E-state index contributed by atoms with van der Waals surface area (Å²) in [7, 11) is 0. The molecule has 0 spiro atoms. The quantitative estimate of drug-likeness (QED) is 0.637. The highest BCUT2D eigenvalue weighted by Crippen LogP contribution is 2.29. The predicted octanol–water partition coefficient (Wildman–Crippen LogP) is 3.45. The molecule has 0 bridgehead atoms. The van der Waals surface area contributed by atoms with Crippen LogP contribution >= 0.6 is 23.1 Å². The van der Waals surface area contributed by atoms with E-state index in [2.05, 4.69) is 10.2 Å². The van der Waals surface area contributed by atoms with Gasteiger partial charge in [-0.1, -0.05) is 30.0 Å². The molecule has 130 valence electrons. The topological polar surface area (TPSA) is 73.8 Å². The molecule has 5 nitrogen and oxygen atoms in total. The van der Waals surface area contributed by atoms with E-state index in [1.54, 1.807) is 4.57 Å². The van der Waals surface area contributed by atoms with Gasteiger partial charge in [0.1, 0.15) is 0 Å². The Labute approximate surface area is 150 Å². The van der Waals surface area contributed by atoms with Crippen LogP contribution < -0.4 is 5.73 Å². The molecule has 9 heteroatoms. The average molecular weight is 380 g/mol. The first-order chi connectivity index (χ1) is 12.1. The van der Waals surface area contributed by atoms with E-state index in [-0.39, 0.29) is 17.7 Å². The van der Waals surface area contributed by atoms with Crippen molar-refractivity contribution in [1.82, 2.24) is 14.8 Å². The van der Waals surface area contributed by atoms with E-state index in [0.29, 0.717) is 17.5 Å². The number of benzene rings is 1. The molecule has 1 aromatic carbocycles. The molecule has 0 aliphatic carbocycles. The van der Waals surface area contributed by atoms with Crippen molar-refractivity contribution in [3.63, 3.8) is 0 Å². The molecule has 3 aromatic rings. The second kappa shape index (κ2) is 7.75. The number of carbonyl (C=O) groups is 1. The fraction of sp³-hybridized carbons (Fsp3) is 0.188. The lowest BCUT2D eigenvalue weighted by atomic mass is 10.2. The van der Waals surface area contributed by atoms with Crippen molar-refractivity contribution in [2.24, 2.45) is 5.73 Å². The molecule has 0 aliphatic rings. The summed E-state index contributed by atoms with van der Waals surface area (Å²) in [5.74, 6) is -1.36. The van der Waals surface area contributed by atoms with Crippen LogP contribution in [0.3, 0.4) is 0 Å². The Morgan fingerprint density at radius 2 is 2.08 bits per heavy atom. The number of hydrogen-bond donors (Lipinski definition) is 1. The molecule has 0 unspecified atom stereocenters. The number of halogens is 2. The molecule has 0 atom stereocenters. The number of primary amides is 1. The van der Waals surface area contributed by atoms with Gasteiger partial charge in [0.25, 0.3) is 0 Å². The van der Waals surface area contributed by atoms with E-state index in [9.17, 15) is 13.6 Å². The number of hydrogen-bond acceptors (Lipinski definition) is 5. The smallest absolute Gasteiger partial charge is 0.219 e. The summed E-state index contributed by atoms with van der Waals surface area (Å²) >= 11 is 2.73. The van der Waals surface area contributed by atoms with Crippen molar-refractivity contribution in [3.05, 3.63) is 52.9 Å². The molecule has 0 aliphatic heterocycles. The zero-order chi connectivity index (χ0) is 17.8. The van der Waals surface area contributed by atoms with E-state index in [4.69, 9.17) is 5.73 Å². The number of amides is 1. The van der Waals surface area contributed by atoms with Crippen LogP contribution in [0.5, 0.6) is 0 Å². The van der Waals surface area contributed by atoms with Crippen LogP contribution in [0.2, 0.25) is 0 Å². The molecule has 0 saturated heterocycles. The van der Waals surface area contributed by atoms with Crippen LogP contribution in [0.4, 0.5) is 8.78 Å². The fourth-order valence-corrected chi connectivity index (χ4v) is 3.87. The predicted molar refractivity (Wildman–Crippen MR) is 93.1 cm³/mol. The zero-order valence-electron chi connectivity index (χ0n) is 13.0. The van der Waals surface area contributed by atoms with Crippen LogP contribution in [0, 0.1) is 11.6 Å². The van der Waals surface area contributed by atoms with Gasteiger partial charge in [0.05, 0.1) is 4.88 Å². The van der Waals surface area contributed by atoms with E-state index in [0.717, 1.165) is 10.9 Å². The minimum atomic E-state index is -0.882. The van der Waals surface area contributed by atoms with Gasteiger partial charge in [-0.2, -0.15) is 0 Å². The van der Waals surface area contributed by atoms with Crippen LogP contribution in [-0.4, -0.2) is 20.7 Å². The summed E-state index contributed by atoms with van der Waals surface area (Å²) in [6, 6.07) is 7.85. The van der Waals surface area contributed by atoms with E-state index < -0.39 is 17.5 Å². The molecular weight excluding hydrogens is 366 g/mol. The minimum Gasteiger partial charge on any atom is -0.370 e. The molecule has 2 aromatic heterocycles. The third-order valence-electron chi connectivity index (χ3n) is 3.43. The highest BCUT2D eigenvalue weighted by atomic mass is 32.2. The molecular formula is C16H14F2N4OS2. The van der Waals surface area contributed by atoms with Gasteiger partial charge >= 0.3 is 0 Å². The Balaban J connectivity index is 1.85. The fourth-order valence-electron chi connectivity index (χ4n) is 2.21. The van der Waals surface area contributed by atoms with Gasteiger partial charge in [-0.3, -0.25) is 4.79 Å². The SMILES string of the molecule is NC(=O)CCn1c(SCc2cccc(F)c2F)nnc1-c1cccs1. The summed E-state index contributed by atoms with van der Waals surface area (Å²) in [4.78, 5) is 12.0. The number of thioether (sulfide) groups is 1. The first-order valence-corrected chi connectivity index (χ1v) is 9.24. The van der Waals surface area contributed by atoms with Gasteiger partial charge in [-0.25, -0.2) is 8.78 Å². The second-order valence-electron chi connectivity index (χ2n) is 5.15. The summed E-state index contributed by atoms with van der Waals surface area (Å²) in [5, 5.41) is 10.7. The molecule has 25 heavy (non-hydrogen) atoms. The van der Waals surface area contributed by atoms with Gasteiger partial charge in [0, 0.05) is 24.3 Å². The third kappa shape index (κ3) is 4.05. The van der Waals surface area contributed by atoms with E-state index in [1.165, 1.54) is 35.2 Å². The molecule has 0 saturated carbocycles. The third-order valence-corrected chi connectivity index (χ3v) is 5.31. The number of carbonyl (C=O) groups excluding carboxylic acids is 1. The van der Waals surface area contributed by atoms with Crippen LogP contribution in [0.25, 0.3) is 10.7 Å². The molecule has 1 amide bonds. The summed E-state index contributed by atoms with van der Waals surface area (Å²) in [5.41, 5.74) is 5.48. The highest BCUT2D eigenvalue weighted by Gasteiger charge is 2.17. The normalized spacial score (nSPS) is 11.0. The summed E-state index contributed by atoms with van der Waals surface area (Å²) in [6.07, 6.45) is 0.137. The minimum absolute atomic E-state index is 0.137. The lowest BCUT2D eigenvalue weighted by molar-refractivity contribution is -0.118. The van der Waals surface area contributed by atoms with Crippen LogP contribution in [0.1, 0.15) is 12.0 Å². The van der Waals surface area contributed by atoms with Crippen LogP contribution in [0.15, 0.2) is 40.9 Å². The maximum absolute atomic E-state index is 13.8. The number of thiophene rings is 1. The van der Waals surface area contributed by atoms with Gasteiger partial charge in [-0.05, 0) is 17.5 Å². The second-order valence-corrected chi connectivity index (χ2v) is 7.04.